The molecule has 0 fully saturated rings. The van der Waals surface area contributed by atoms with E-state index in [0.29, 0.717) is 17.2 Å². The summed E-state index contributed by atoms with van der Waals surface area (Å²) in [6.45, 7) is 4.36. The maximum absolute atomic E-state index is 12.8. The van der Waals surface area contributed by atoms with Gasteiger partial charge in [-0.3, -0.25) is 4.79 Å². The molecule has 0 aliphatic carbocycles. The number of thiazole rings is 1. The number of rotatable bonds is 5. The highest BCUT2D eigenvalue weighted by molar-refractivity contribution is 7.19. The van der Waals surface area contributed by atoms with Crippen LogP contribution in [-0.4, -0.2) is 10.9 Å². The Labute approximate surface area is 174 Å². The van der Waals surface area contributed by atoms with E-state index in [2.05, 4.69) is 43.4 Å². The Morgan fingerprint density at radius 1 is 0.931 bits per heavy atom. The summed E-state index contributed by atoms with van der Waals surface area (Å²) in [6.07, 6.45) is 1.99. The molecule has 0 saturated carbocycles. The Balaban J connectivity index is 1.72. The summed E-state index contributed by atoms with van der Waals surface area (Å²) < 4.78 is 1.09. The van der Waals surface area contributed by atoms with Gasteiger partial charge in [-0.2, -0.15) is 0 Å². The molecule has 3 aromatic carbocycles. The highest BCUT2D eigenvalue weighted by Gasteiger charge is 2.13. The lowest BCUT2D eigenvalue weighted by Gasteiger charge is -2.09. The van der Waals surface area contributed by atoms with Crippen molar-refractivity contribution < 1.29 is 4.79 Å². The van der Waals surface area contributed by atoms with Gasteiger partial charge in [0.25, 0.3) is 5.91 Å². The highest BCUT2D eigenvalue weighted by atomic mass is 32.1. The van der Waals surface area contributed by atoms with Crippen molar-refractivity contribution in [2.24, 2.45) is 0 Å². The highest BCUT2D eigenvalue weighted by Crippen LogP contribution is 2.27. The minimum absolute atomic E-state index is 0.144. The molecule has 4 aromatic rings. The number of aromatic nitrogens is 1. The van der Waals surface area contributed by atoms with Gasteiger partial charge < -0.3 is 5.32 Å². The monoisotopic (exact) mass is 398 g/mol. The number of nitrogens with one attached hydrogen (secondary N) is 1. The normalized spacial score (nSPS) is 11.8. The smallest absolute Gasteiger partial charge is 0.255 e. The molecule has 1 amide bonds. The Morgan fingerprint density at radius 3 is 2.31 bits per heavy atom. The van der Waals surface area contributed by atoms with Crippen molar-refractivity contribution in [1.29, 1.82) is 0 Å². The number of fused-ring (bicyclic) bond motifs is 1. The summed E-state index contributed by atoms with van der Waals surface area (Å²) in [5.74, 6) is 0.337. The lowest BCUT2D eigenvalue weighted by atomic mass is 10.0. The number of nitrogens with zero attached hydrogens (tertiary/aromatic N) is 1. The second kappa shape index (κ2) is 8.41. The summed E-state index contributed by atoms with van der Waals surface area (Å²) in [4.78, 5) is 17.5. The van der Waals surface area contributed by atoms with Crippen LogP contribution in [0, 0.1) is 0 Å². The predicted molar refractivity (Wildman–Crippen MR) is 122 cm³/mol. The Bertz CT molecular complexity index is 1130. The molecule has 0 spiro atoms. The van der Waals surface area contributed by atoms with Gasteiger partial charge in [-0.05, 0) is 47.4 Å². The zero-order chi connectivity index (χ0) is 20.2. The van der Waals surface area contributed by atoms with Crippen LogP contribution < -0.4 is 5.32 Å². The van der Waals surface area contributed by atoms with E-state index in [0.717, 1.165) is 20.8 Å². The lowest BCUT2D eigenvalue weighted by molar-refractivity contribution is 0.0974. The molecule has 0 aliphatic heterocycles. The van der Waals surface area contributed by atoms with Gasteiger partial charge in [-0.1, -0.05) is 68.4 Å². The quantitative estimate of drug-likeness (QED) is 0.426. The zero-order valence-electron chi connectivity index (χ0n) is 16.4. The van der Waals surface area contributed by atoms with Crippen molar-refractivity contribution in [1.82, 2.24) is 10.3 Å². The van der Waals surface area contributed by atoms with Gasteiger partial charge in [0.2, 0.25) is 0 Å². The maximum atomic E-state index is 12.8. The third-order valence-electron chi connectivity index (χ3n) is 4.72. The molecule has 1 heterocycles. The van der Waals surface area contributed by atoms with Crippen molar-refractivity contribution in [3.8, 4) is 0 Å². The molecule has 29 heavy (non-hydrogen) atoms. The van der Waals surface area contributed by atoms with Crippen LogP contribution in [0.5, 0.6) is 0 Å². The molecule has 0 bridgehead atoms. The number of amides is 1. The zero-order valence-corrected chi connectivity index (χ0v) is 17.2. The van der Waals surface area contributed by atoms with Crippen molar-refractivity contribution >= 4 is 39.2 Å². The van der Waals surface area contributed by atoms with Crippen molar-refractivity contribution in [2.45, 2.75) is 19.8 Å². The minimum atomic E-state index is -0.144. The standard InChI is InChI=1S/C25H22N2OS/c1-17(2)19-14-12-18(13-15-19)16-22(26-24(28)20-8-4-3-5-9-20)25-27-21-10-6-7-11-23(21)29-25/h3-17H,1-2H3,(H,26,28). The Hall–Kier alpha value is -3.24. The summed E-state index contributed by atoms with van der Waals surface area (Å²) >= 11 is 1.58. The molecule has 4 rings (SSSR count). The average Bonchev–Trinajstić information content (AvgIpc) is 3.18. The molecular formula is C25H22N2OS. The van der Waals surface area contributed by atoms with Gasteiger partial charge in [0.15, 0.2) is 0 Å². The first-order valence-electron chi connectivity index (χ1n) is 9.64. The van der Waals surface area contributed by atoms with E-state index in [1.165, 1.54) is 5.56 Å². The first-order chi connectivity index (χ1) is 14.1. The van der Waals surface area contributed by atoms with E-state index in [-0.39, 0.29) is 5.91 Å². The van der Waals surface area contributed by atoms with E-state index in [4.69, 9.17) is 4.98 Å². The van der Waals surface area contributed by atoms with E-state index in [1.54, 1.807) is 11.3 Å². The van der Waals surface area contributed by atoms with Gasteiger partial charge in [0.1, 0.15) is 5.01 Å². The van der Waals surface area contributed by atoms with Crippen LogP contribution in [0.25, 0.3) is 22.0 Å². The molecule has 0 aliphatic rings. The van der Waals surface area contributed by atoms with Crippen molar-refractivity contribution in [3.63, 3.8) is 0 Å². The van der Waals surface area contributed by atoms with Crippen LogP contribution in [0.1, 0.15) is 46.3 Å². The molecular weight excluding hydrogens is 376 g/mol. The molecule has 3 nitrogen and oxygen atoms in total. The molecule has 144 valence electrons. The van der Waals surface area contributed by atoms with Crippen LogP contribution in [0.2, 0.25) is 0 Å². The maximum Gasteiger partial charge on any atom is 0.255 e. The van der Waals surface area contributed by atoms with Gasteiger partial charge in [0, 0.05) is 5.56 Å². The molecule has 1 N–H and O–H groups in total. The van der Waals surface area contributed by atoms with E-state index < -0.39 is 0 Å². The predicted octanol–water partition coefficient (Wildman–Crippen LogP) is 6.35. The third kappa shape index (κ3) is 4.44. The van der Waals surface area contributed by atoms with Crippen LogP contribution >= 0.6 is 11.3 Å². The molecule has 1 aromatic heterocycles. The van der Waals surface area contributed by atoms with Gasteiger partial charge in [0.05, 0.1) is 15.9 Å². The topological polar surface area (TPSA) is 42.0 Å². The summed E-state index contributed by atoms with van der Waals surface area (Å²) in [5, 5.41) is 3.86. The molecule has 0 saturated heterocycles. The fraction of sp³-hybridized carbons (Fsp3) is 0.120. The summed E-state index contributed by atoms with van der Waals surface area (Å²) in [6, 6.07) is 25.7. The number of hydrogen-bond acceptors (Lipinski definition) is 3. The average molecular weight is 399 g/mol. The number of benzene rings is 3. The first-order valence-corrected chi connectivity index (χ1v) is 10.5. The first kappa shape index (κ1) is 19.1. The number of hydrogen-bond donors (Lipinski definition) is 1. The van der Waals surface area contributed by atoms with E-state index >= 15 is 0 Å². The van der Waals surface area contributed by atoms with E-state index in [9.17, 15) is 4.79 Å². The summed E-state index contributed by atoms with van der Waals surface area (Å²) in [5.41, 5.74) is 4.57. The molecule has 0 atom stereocenters. The molecule has 4 heteroatoms. The van der Waals surface area contributed by atoms with Crippen molar-refractivity contribution in [3.05, 3.63) is 101 Å². The van der Waals surface area contributed by atoms with Gasteiger partial charge in [-0.15, -0.1) is 11.3 Å². The fourth-order valence-electron chi connectivity index (χ4n) is 3.07. The largest absolute Gasteiger partial charge is 0.319 e. The van der Waals surface area contributed by atoms with Gasteiger partial charge in [-0.25, -0.2) is 4.98 Å². The van der Waals surface area contributed by atoms with Gasteiger partial charge >= 0.3 is 0 Å². The van der Waals surface area contributed by atoms with Crippen LogP contribution in [0.4, 0.5) is 0 Å². The second-order valence-electron chi connectivity index (χ2n) is 7.19. The number of carbonyl (C=O) groups is 1. The molecule has 0 unspecified atom stereocenters. The minimum Gasteiger partial charge on any atom is -0.319 e. The fourth-order valence-corrected chi connectivity index (χ4v) is 4.00. The van der Waals surface area contributed by atoms with Crippen LogP contribution in [0.3, 0.4) is 0 Å². The Kier molecular flexibility index (Phi) is 5.54. The van der Waals surface area contributed by atoms with E-state index in [1.807, 2.05) is 60.7 Å². The lowest BCUT2D eigenvalue weighted by Crippen LogP contribution is -2.21. The SMILES string of the molecule is CC(C)c1ccc(C=C(NC(=O)c2ccccc2)c2nc3ccccc3s2)cc1. The number of para-hydroxylation sites is 1. The van der Waals surface area contributed by atoms with Crippen LogP contribution in [0.15, 0.2) is 78.9 Å². The van der Waals surface area contributed by atoms with Crippen molar-refractivity contribution in [2.75, 3.05) is 0 Å². The molecule has 0 radical (unpaired) electrons. The summed E-state index contributed by atoms with van der Waals surface area (Å²) in [7, 11) is 0. The number of carbonyl (C=O) groups excluding carboxylic acids is 1. The Morgan fingerprint density at radius 2 is 1.62 bits per heavy atom. The third-order valence-corrected chi connectivity index (χ3v) is 5.79. The van der Waals surface area contributed by atoms with Crippen LogP contribution in [-0.2, 0) is 0 Å². The second-order valence-corrected chi connectivity index (χ2v) is 8.22.